The molecule has 0 N–H and O–H groups in total. The van der Waals surface area contributed by atoms with Gasteiger partial charge in [0.05, 0.1) is 22.4 Å². The summed E-state index contributed by atoms with van der Waals surface area (Å²) in [5.41, 5.74) is 15.3. The molecule has 3 heterocycles. The van der Waals surface area contributed by atoms with E-state index >= 15 is 0 Å². The summed E-state index contributed by atoms with van der Waals surface area (Å²) >= 11 is 0. The highest BCUT2D eigenvalue weighted by Crippen LogP contribution is 2.49. The molecular weight excluding hydrogens is 829 g/mol. The lowest BCUT2D eigenvalue weighted by atomic mass is 9.78. The largest absolute Gasteiger partial charge is 0.457 e. The highest BCUT2D eigenvalue weighted by atomic mass is 16.5. The van der Waals surface area contributed by atoms with E-state index in [0.717, 1.165) is 39.7 Å². The van der Waals surface area contributed by atoms with Crippen LogP contribution in [0.2, 0.25) is 0 Å². The number of rotatable bonds is 8. The van der Waals surface area contributed by atoms with Crippen molar-refractivity contribution in [2.24, 2.45) is 0 Å². The number of anilines is 4. The lowest BCUT2D eigenvalue weighted by Crippen LogP contribution is -2.24. The normalized spacial score (nSPS) is 13.4. The Labute approximate surface area is 403 Å². The van der Waals surface area contributed by atoms with Crippen LogP contribution in [-0.2, 0) is 21.7 Å². The van der Waals surface area contributed by atoms with Crippen LogP contribution in [0.15, 0.2) is 176 Å². The first-order valence-electron chi connectivity index (χ1n) is 24.1. The summed E-state index contributed by atoms with van der Waals surface area (Å²) in [6.45, 7) is 25.8. The van der Waals surface area contributed by atoms with Crippen molar-refractivity contribution in [3.05, 3.63) is 204 Å². The molecule has 2 aromatic heterocycles. The van der Waals surface area contributed by atoms with Gasteiger partial charge in [-0.3, -0.25) is 4.57 Å². The summed E-state index contributed by atoms with van der Waals surface area (Å²) in [6, 6.07) is 62.1. The van der Waals surface area contributed by atoms with Crippen molar-refractivity contribution in [1.29, 1.82) is 0 Å². The SMILES string of the molecule is CC(C)(C)c1cc(-c2ccccc2)cc(N2CN(c3cccc(Oc4ccc5c6cc(C(C)(C)C)ccc6n(-c6cc(C(C)(C)C)ccn6)c5c4)c3)c3cc(C(C)(C)c4ccccc4)ccc32)c1. The van der Waals surface area contributed by atoms with Crippen LogP contribution >= 0.6 is 0 Å². The topological polar surface area (TPSA) is 33.5 Å². The molecule has 0 spiro atoms. The van der Waals surface area contributed by atoms with Crippen molar-refractivity contribution in [2.45, 2.75) is 97.8 Å². The van der Waals surface area contributed by atoms with Gasteiger partial charge in [0.2, 0.25) is 0 Å². The molecule has 0 aliphatic carbocycles. The van der Waals surface area contributed by atoms with Gasteiger partial charge < -0.3 is 14.5 Å². The monoisotopic (exact) mass is 893 g/mol. The second-order valence-electron chi connectivity index (χ2n) is 22.3. The van der Waals surface area contributed by atoms with Crippen LogP contribution in [0.4, 0.5) is 22.7 Å². The van der Waals surface area contributed by atoms with Gasteiger partial charge in [-0.2, -0.15) is 0 Å². The summed E-state index contributed by atoms with van der Waals surface area (Å²) in [5, 5.41) is 2.38. The van der Waals surface area contributed by atoms with Crippen molar-refractivity contribution in [1.82, 2.24) is 9.55 Å². The van der Waals surface area contributed by atoms with Crippen molar-refractivity contribution in [3.8, 4) is 28.4 Å². The third-order valence-corrected chi connectivity index (χ3v) is 14.1. The van der Waals surface area contributed by atoms with Crippen LogP contribution in [0.3, 0.4) is 0 Å². The van der Waals surface area contributed by atoms with Crippen LogP contribution in [0.25, 0.3) is 38.8 Å². The van der Waals surface area contributed by atoms with Crippen molar-refractivity contribution >= 4 is 44.6 Å². The third-order valence-electron chi connectivity index (χ3n) is 14.1. The molecule has 0 radical (unpaired) electrons. The minimum absolute atomic E-state index is 0.00913. The van der Waals surface area contributed by atoms with Crippen LogP contribution < -0.4 is 14.5 Å². The molecule has 10 rings (SSSR count). The molecule has 0 bridgehead atoms. The third kappa shape index (κ3) is 8.33. The Morgan fingerprint density at radius 2 is 1.07 bits per heavy atom. The molecule has 1 aliphatic heterocycles. The van der Waals surface area contributed by atoms with Crippen LogP contribution in [0, 0.1) is 0 Å². The summed E-state index contributed by atoms with van der Waals surface area (Å²) in [5.74, 6) is 2.44. The average Bonchev–Trinajstić information content (AvgIpc) is 3.87. The standard InChI is InChI=1S/C63H64N4O/c1-60(2,3)45-25-29-55-54(36-45)53-28-27-52(40-57(53)67(55)59-38-46(31-32-64-59)61(4,5)6)68-51-24-18-23-49(39-51)65-41-66(50-34-43(42-19-14-12-15-20-42)33-48(35-50)62(7,8)9)56-30-26-47(37-58(56)65)63(10,11)44-21-16-13-17-22-44/h12-40H,41H2,1-11H3. The molecule has 68 heavy (non-hydrogen) atoms. The molecule has 342 valence electrons. The number of aromatic nitrogens is 2. The van der Waals surface area contributed by atoms with Gasteiger partial charge in [-0.25, -0.2) is 4.98 Å². The number of fused-ring (bicyclic) bond motifs is 4. The summed E-state index contributed by atoms with van der Waals surface area (Å²) < 4.78 is 9.21. The van der Waals surface area contributed by atoms with E-state index in [2.05, 4.69) is 260 Å². The zero-order chi connectivity index (χ0) is 47.8. The van der Waals surface area contributed by atoms with Gasteiger partial charge in [0.1, 0.15) is 24.0 Å². The molecule has 0 fully saturated rings. The van der Waals surface area contributed by atoms with E-state index < -0.39 is 0 Å². The first-order chi connectivity index (χ1) is 32.3. The number of hydrogen-bond acceptors (Lipinski definition) is 4. The molecule has 0 saturated heterocycles. The molecule has 9 aromatic rings. The Hall–Kier alpha value is -7.11. The highest BCUT2D eigenvalue weighted by Gasteiger charge is 2.33. The molecule has 0 amide bonds. The van der Waals surface area contributed by atoms with Gasteiger partial charge >= 0.3 is 0 Å². The van der Waals surface area contributed by atoms with E-state index in [1.165, 1.54) is 61.1 Å². The Balaban J connectivity index is 1.07. The second kappa shape index (κ2) is 16.6. The first kappa shape index (κ1) is 44.7. The molecule has 5 heteroatoms. The number of hydrogen-bond donors (Lipinski definition) is 0. The average molecular weight is 893 g/mol. The molecule has 7 aromatic carbocycles. The van der Waals surface area contributed by atoms with Gasteiger partial charge in [0, 0.05) is 45.9 Å². The van der Waals surface area contributed by atoms with Gasteiger partial charge in [-0.05, 0) is 128 Å². The summed E-state index contributed by atoms with van der Waals surface area (Å²) in [6.07, 6.45) is 1.94. The van der Waals surface area contributed by atoms with Crippen molar-refractivity contribution in [2.75, 3.05) is 16.5 Å². The quantitative estimate of drug-likeness (QED) is 0.152. The maximum atomic E-state index is 6.91. The van der Waals surface area contributed by atoms with Gasteiger partial charge in [0.15, 0.2) is 0 Å². The van der Waals surface area contributed by atoms with E-state index in [1.54, 1.807) is 0 Å². The number of pyridine rings is 1. The van der Waals surface area contributed by atoms with E-state index in [-0.39, 0.29) is 21.7 Å². The van der Waals surface area contributed by atoms with Gasteiger partial charge in [-0.1, -0.05) is 161 Å². The number of nitrogens with zero attached hydrogens (tertiary/aromatic N) is 4. The first-order valence-corrected chi connectivity index (χ1v) is 24.1. The summed E-state index contributed by atoms with van der Waals surface area (Å²) in [4.78, 5) is 9.89. The highest BCUT2D eigenvalue weighted by molar-refractivity contribution is 6.10. The molecular formula is C63H64N4O. The predicted octanol–water partition coefficient (Wildman–Crippen LogP) is 17.1. The zero-order valence-corrected chi connectivity index (χ0v) is 41.6. The Morgan fingerprint density at radius 3 is 1.79 bits per heavy atom. The second-order valence-corrected chi connectivity index (χ2v) is 22.3. The minimum atomic E-state index is -0.216. The Kier molecular flexibility index (Phi) is 10.9. The van der Waals surface area contributed by atoms with E-state index in [4.69, 9.17) is 9.72 Å². The van der Waals surface area contributed by atoms with Crippen molar-refractivity contribution in [3.63, 3.8) is 0 Å². The molecule has 0 atom stereocenters. The van der Waals surface area contributed by atoms with Gasteiger partial charge in [-0.15, -0.1) is 0 Å². The van der Waals surface area contributed by atoms with Gasteiger partial charge in [0.25, 0.3) is 0 Å². The van der Waals surface area contributed by atoms with E-state index in [0.29, 0.717) is 6.67 Å². The Morgan fingerprint density at radius 1 is 0.412 bits per heavy atom. The Bertz CT molecular complexity index is 3320. The fraction of sp³-hybridized carbons (Fsp3) is 0.254. The van der Waals surface area contributed by atoms with Crippen molar-refractivity contribution < 1.29 is 4.74 Å². The van der Waals surface area contributed by atoms with Crippen LogP contribution in [0.5, 0.6) is 11.5 Å². The lowest BCUT2D eigenvalue weighted by Gasteiger charge is -2.28. The minimum Gasteiger partial charge on any atom is -0.457 e. The maximum absolute atomic E-state index is 6.91. The number of ether oxygens (including phenoxy) is 1. The zero-order valence-electron chi connectivity index (χ0n) is 41.6. The fourth-order valence-electron chi connectivity index (χ4n) is 9.75. The fourth-order valence-corrected chi connectivity index (χ4v) is 9.75. The molecule has 0 saturated carbocycles. The molecule has 5 nitrogen and oxygen atoms in total. The van der Waals surface area contributed by atoms with Crippen LogP contribution in [-0.4, -0.2) is 16.2 Å². The smallest absolute Gasteiger partial charge is 0.137 e. The molecule has 0 unspecified atom stereocenters. The summed E-state index contributed by atoms with van der Waals surface area (Å²) in [7, 11) is 0. The maximum Gasteiger partial charge on any atom is 0.137 e. The number of benzene rings is 7. The van der Waals surface area contributed by atoms with Crippen LogP contribution in [0.1, 0.15) is 104 Å². The van der Waals surface area contributed by atoms with E-state index in [9.17, 15) is 0 Å². The van der Waals surface area contributed by atoms with E-state index in [1.807, 2.05) is 6.20 Å². The molecule has 1 aliphatic rings. The predicted molar refractivity (Wildman–Crippen MR) is 287 cm³/mol. The lowest BCUT2D eigenvalue weighted by molar-refractivity contribution is 0.483.